The molecule has 0 atom stereocenters. The molecule has 0 spiro atoms. The van der Waals surface area contributed by atoms with Crippen LogP contribution in [0.5, 0.6) is 0 Å². The fourth-order valence-electron chi connectivity index (χ4n) is 4.94. The monoisotopic (exact) mass is 419 g/mol. The number of aryl methyl sites for hydroxylation is 2. The fourth-order valence-corrected chi connectivity index (χ4v) is 4.94. The lowest BCUT2D eigenvalue weighted by Crippen LogP contribution is -2.38. The number of amides is 2. The standard InChI is InChI=1S/C24H29N5O2/c1-27-16-19(18-9-4-5-10-21(18)27)20-15-23-28(13-6-14-29(23)26-20)24(31)12-11-22(30)25-17-7-2-3-8-17/h4-5,9-10,15-17H,2-3,6-8,11-14H2,1H3,(H,25,30). The van der Waals surface area contributed by atoms with Crippen molar-refractivity contribution >= 4 is 28.5 Å². The van der Waals surface area contributed by atoms with Gasteiger partial charge >= 0.3 is 0 Å². The van der Waals surface area contributed by atoms with E-state index in [-0.39, 0.29) is 24.7 Å². The lowest BCUT2D eigenvalue weighted by Gasteiger charge is -2.27. The minimum atomic E-state index is -0.0118. The van der Waals surface area contributed by atoms with Crippen LogP contribution in [0.2, 0.25) is 0 Å². The third-order valence-electron chi connectivity index (χ3n) is 6.55. The van der Waals surface area contributed by atoms with Crippen LogP contribution in [0, 0.1) is 0 Å². The molecule has 0 unspecified atom stereocenters. The van der Waals surface area contributed by atoms with Crippen LogP contribution in [-0.4, -0.2) is 38.7 Å². The van der Waals surface area contributed by atoms with E-state index in [0.717, 1.165) is 53.8 Å². The second-order valence-electron chi connectivity index (χ2n) is 8.73. The van der Waals surface area contributed by atoms with Crippen LogP contribution in [0.25, 0.3) is 22.2 Å². The third-order valence-corrected chi connectivity index (χ3v) is 6.55. The van der Waals surface area contributed by atoms with Crippen molar-refractivity contribution in [3.8, 4) is 11.3 Å². The highest BCUT2D eigenvalue weighted by Gasteiger charge is 2.26. The van der Waals surface area contributed by atoms with Gasteiger partial charge in [-0.2, -0.15) is 5.10 Å². The number of fused-ring (bicyclic) bond motifs is 2. The summed E-state index contributed by atoms with van der Waals surface area (Å²) in [7, 11) is 2.04. The summed E-state index contributed by atoms with van der Waals surface area (Å²) in [5.41, 5.74) is 3.11. The van der Waals surface area contributed by atoms with E-state index in [9.17, 15) is 9.59 Å². The van der Waals surface area contributed by atoms with E-state index in [2.05, 4.69) is 28.2 Å². The molecule has 1 aromatic carbocycles. The average Bonchev–Trinajstić information content (AvgIpc) is 3.51. The summed E-state index contributed by atoms with van der Waals surface area (Å²) in [6, 6.07) is 10.6. The largest absolute Gasteiger partial charge is 0.353 e. The number of para-hydroxylation sites is 1. The molecule has 1 fully saturated rings. The Morgan fingerprint density at radius 3 is 2.74 bits per heavy atom. The van der Waals surface area contributed by atoms with Gasteiger partial charge in [0.25, 0.3) is 0 Å². The van der Waals surface area contributed by atoms with Crippen LogP contribution < -0.4 is 10.2 Å². The fraction of sp³-hybridized carbons (Fsp3) is 0.458. The summed E-state index contributed by atoms with van der Waals surface area (Å²) in [6.45, 7) is 1.47. The quantitative estimate of drug-likeness (QED) is 0.687. The molecule has 0 bridgehead atoms. The first-order valence-corrected chi connectivity index (χ1v) is 11.3. The molecule has 31 heavy (non-hydrogen) atoms. The van der Waals surface area contributed by atoms with Gasteiger partial charge in [-0.1, -0.05) is 31.0 Å². The summed E-state index contributed by atoms with van der Waals surface area (Å²) in [5, 5.41) is 9.04. The molecular formula is C24H29N5O2. The number of rotatable bonds is 5. The Morgan fingerprint density at radius 1 is 1.10 bits per heavy atom. The molecular weight excluding hydrogens is 390 g/mol. The first-order valence-electron chi connectivity index (χ1n) is 11.3. The first kappa shape index (κ1) is 19.8. The zero-order chi connectivity index (χ0) is 21.4. The molecule has 162 valence electrons. The molecule has 1 aliphatic carbocycles. The molecule has 3 heterocycles. The van der Waals surface area contributed by atoms with Crippen molar-refractivity contribution in [3.63, 3.8) is 0 Å². The molecule has 7 nitrogen and oxygen atoms in total. The van der Waals surface area contributed by atoms with E-state index in [4.69, 9.17) is 5.10 Å². The Bertz CT molecular complexity index is 1120. The number of nitrogens with one attached hydrogen (secondary N) is 1. The van der Waals surface area contributed by atoms with E-state index < -0.39 is 0 Å². The number of hydrogen-bond acceptors (Lipinski definition) is 3. The maximum atomic E-state index is 13.0. The molecule has 2 aromatic heterocycles. The lowest BCUT2D eigenvalue weighted by atomic mass is 10.1. The number of anilines is 1. The van der Waals surface area contributed by atoms with Crippen LogP contribution in [0.1, 0.15) is 44.9 Å². The van der Waals surface area contributed by atoms with E-state index in [1.54, 1.807) is 4.90 Å². The highest BCUT2D eigenvalue weighted by molar-refractivity contribution is 5.98. The van der Waals surface area contributed by atoms with E-state index in [0.29, 0.717) is 12.6 Å². The van der Waals surface area contributed by atoms with Crippen LogP contribution in [0.15, 0.2) is 36.5 Å². The summed E-state index contributed by atoms with van der Waals surface area (Å²) in [6.07, 6.45) is 7.91. The topological polar surface area (TPSA) is 72.2 Å². The smallest absolute Gasteiger partial charge is 0.228 e. The molecule has 2 aliphatic rings. The molecule has 5 rings (SSSR count). The number of hydrogen-bond donors (Lipinski definition) is 1. The Balaban J connectivity index is 1.32. The number of carbonyl (C=O) groups is 2. The van der Waals surface area contributed by atoms with E-state index in [1.807, 2.05) is 29.9 Å². The Kier molecular flexibility index (Phi) is 5.26. The minimum absolute atomic E-state index is 0.00751. The Hall–Kier alpha value is -3.09. The van der Waals surface area contributed by atoms with Crippen molar-refractivity contribution in [2.75, 3.05) is 11.4 Å². The molecule has 7 heteroatoms. The molecule has 1 saturated carbocycles. The second-order valence-corrected chi connectivity index (χ2v) is 8.73. The molecule has 1 aliphatic heterocycles. The van der Waals surface area contributed by atoms with Gasteiger partial charge in [0.05, 0.1) is 5.69 Å². The number of nitrogens with zero attached hydrogens (tertiary/aromatic N) is 4. The predicted octanol–water partition coefficient (Wildman–Crippen LogP) is 3.62. The molecule has 0 saturated heterocycles. The van der Waals surface area contributed by atoms with Gasteiger partial charge < -0.3 is 9.88 Å². The van der Waals surface area contributed by atoms with Gasteiger partial charge in [0.15, 0.2) is 0 Å². The van der Waals surface area contributed by atoms with Gasteiger partial charge in [0, 0.05) is 67.8 Å². The van der Waals surface area contributed by atoms with Crippen molar-refractivity contribution in [2.45, 2.75) is 57.5 Å². The summed E-state index contributed by atoms with van der Waals surface area (Å²) in [4.78, 5) is 27.0. The Labute approximate surface area is 182 Å². The van der Waals surface area contributed by atoms with Gasteiger partial charge in [-0.05, 0) is 25.3 Å². The Morgan fingerprint density at radius 2 is 1.90 bits per heavy atom. The molecule has 3 aromatic rings. The van der Waals surface area contributed by atoms with Gasteiger partial charge in [-0.25, -0.2) is 4.68 Å². The summed E-state index contributed by atoms with van der Waals surface area (Å²) < 4.78 is 4.03. The zero-order valence-electron chi connectivity index (χ0n) is 18.0. The first-order chi connectivity index (χ1) is 15.1. The summed E-state index contributed by atoms with van der Waals surface area (Å²) >= 11 is 0. The molecule has 1 N–H and O–H groups in total. The highest BCUT2D eigenvalue weighted by Crippen LogP contribution is 2.33. The van der Waals surface area contributed by atoms with Crippen molar-refractivity contribution in [1.82, 2.24) is 19.7 Å². The molecule has 0 radical (unpaired) electrons. The van der Waals surface area contributed by atoms with Crippen molar-refractivity contribution in [3.05, 3.63) is 36.5 Å². The SMILES string of the molecule is Cn1cc(-c2cc3n(n2)CCCN3C(=O)CCC(=O)NC2CCCC2)c2ccccc21. The lowest BCUT2D eigenvalue weighted by molar-refractivity contribution is -0.125. The zero-order valence-corrected chi connectivity index (χ0v) is 18.0. The van der Waals surface area contributed by atoms with Crippen LogP contribution in [-0.2, 0) is 23.2 Å². The van der Waals surface area contributed by atoms with Gasteiger partial charge in [-0.3, -0.25) is 14.5 Å². The number of aromatic nitrogens is 3. The van der Waals surface area contributed by atoms with Crippen LogP contribution in [0.3, 0.4) is 0 Å². The van der Waals surface area contributed by atoms with Crippen molar-refractivity contribution in [1.29, 1.82) is 0 Å². The van der Waals surface area contributed by atoms with Crippen LogP contribution >= 0.6 is 0 Å². The second kappa shape index (κ2) is 8.21. The van der Waals surface area contributed by atoms with Gasteiger partial charge in [0.1, 0.15) is 5.82 Å². The third kappa shape index (κ3) is 3.84. The average molecular weight is 420 g/mol. The maximum absolute atomic E-state index is 13.0. The highest BCUT2D eigenvalue weighted by atomic mass is 16.2. The van der Waals surface area contributed by atoms with E-state index in [1.165, 1.54) is 12.8 Å². The normalized spacial score (nSPS) is 16.6. The van der Waals surface area contributed by atoms with Crippen LogP contribution in [0.4, 0.5) is 5.82 Å². The minimum Gasteiger partial charge on any atom is -0.353 e. The van der Waals surface area contributed by atoms with Crippen molar-refractivity contribution in [2.24, 2.45) is 7.05 Å². The number of benzene rings is 1. The van der Waals surface area contributed by atoms with E-state index >= 15 is 0 Å². The molecule has 2 amide bonds. The van der Waals surface area contributed by atoms with Gasteiger partial charge in [0.2, 0.25) is 11.8 Å². The summed E-state index contributed by atoms with van der Waals surface area (Å²) in [5.74, 6) is 0.810. The van der Waals surface area contributed by atoms with Gasteiger partial charge in [-0.15, -0.1) is 0 Å². The number of carbonyl (C=O) groups excluding carboxylic acids is 2. The predicted molar refractivity (Wildman–Crippen MR) is 121 cm³/mol. The maximum Gasteiger partial charge on any atom is 0.228 e. The van der Waals surface area contributed by atoms with Crippen molar-refractivity contribution < 1.29 is 9.59 Å².